The summed E-state index contributed by atoms with van der Waals surface area (Å²) in [5.74, 6) is 0.664. The van der Waals surface area contributed by atoms with Crippen molar-refractivity contribution in [2.24, 2.45) is 0 Å². The van der Waals surface area contributed by atoms with Gasteiger partial charge in [0.15, 0.2) is 11.4 Å². The van der Waals surface area contributed by atoms with Gasteiger partial charge < -0.3 is 8.83 Å². The molecule has 4 nitrogen and oxygen atoms in total. The molecule has 10 aromatic rings. The zero-order valence-electron chi connectivity index (χ0n) is 24.6. The minimum atomic E-state index is 0.664. The van der Waals surface area contributed by atoms with Crippen molar-refractivity contribution in [1.82, 2.24) is 9.97 Å². The zero-order chi connectivity index (χ0) is 30.2. The number of benzene rings is 7. The fourth-order valence-corrected chi connectivity index (χ4v) is 6.82. The second-order valence-corrected chi connectivity index (χ2v) is 11.8. The highest BCUT2D eigenvalue weighted by atomic mass is 16.3. The Balaban J connectivity index is 1.25. The summed E-state index contributed by atoms with van der Waals surface area (Å²) in [5.41, 5.74) is 8.91. The molecule has 0 bridgehead atoms. The summed E-state index contributed by atoms with van der Waals surface area (Å²) in [6.45, 7) is 0. The molecule has 0 unspecified atom stereocenters. The van der Waals surface area contributed by atoms with Crippen molar-refractivity contribution in [3.05, 3.63) is 146 Å². The summed E-state index contributed by atoms with van der Waals surface area (Å²) >= 11 is 0. The van der Waals surface area contributed by atoms with Crippen LogP contribution in [0.1, 0.15) is 0 Å². The predicted molar refractivity (Wildman–Crippen MR) is 188 cm³/mol. The van der Waals surface area contributed by atoms with E-state index < -0.39 is 0 Å². The van der Waals surface area contributed by atoms with Gasteiger partial charge >= 0.3 is 0 Å². The standard InChI is InChI=1S/C42H24N2O2/c1-3-10-27-22-30(18-16-25(27)8-1)39-41-40(44-42(43-39)31-19-17-26-9-2-4-11-28(26)23-31)34-24-29(20-21-36(34)46-41)32-13-7-15-37-38(32)33-12-5-6-14-35(33)45-37/h1-24H. The van der Waals surface area contributed by atoms with Gasteiger partial charge in [0.1, 0.15) is 28.0 Å². The molecule has 0 saturated carbocycles. The topological polar surface area (TPSA) is 52.1 Å². The number of furan rings is 2. The molecule has 0 saturated heterocycles. The van der Waals surface area contributed by atoms with Crippen LogP contribution in [0.5, 0.6) is 0 Å². The molecule has 0 aliphatic rings. The van der Waals surface area contributed by atoms with Crippen molar-refractivity contribution in [3.63, 3.8) is 0 Å². The van der Waals surface area contributed by atoms with Crippen LogP contribution in [-0.4, -0.2) is 9.97 Å². The van der Waals surface area contributed by atoms with Gasteiger partial charge in [0.25, 0.3) is 0 Å². The Labute approximate surface area is 263 Å². The lowest BCUT2D eigenvalue weighted by Crippen LogP contribution is -1.94. The molecule has 0 fully saturated rings. The molecule has 0 amide bonds. The molecule has 0 aliphatic carbocycles. The molecule has 0 atom stereocenters. The summed E-state index contributed by atoms with van der Waals surface area (Å²) in [6, 6.07) is 50.4. The Kier molecular flexibility index (Phi) is 5.25. The minimum absolute atomic E-state index is 0.664. The first-order valence-corrected chi connectivity index (χ1v) is 15.4. The summed E-state index contributed by atoms with van der Waals surface area (Å²) in [7, 11) is 0. The van der Waals surface area contributed by atoms with Crippen molar-refractivity contribution in [3.8, 4) is 33.8 Å². The number of nitrogens with zero attached hydrogens (tertiary/aromatic N) is 2. The summed E-state index contributed by atoms with van der Waals surface area (Å²) in [4.78, 5) is 10.4. The van der Waals surface area contributed by atoms with Crippen molar-refractivity contribution >= 4 is 65.6 Å². The molecule has 4 heteroatoms. The number of rotatable bonds is 3. The molecule has 0 N–H and O–H groups in total. The maximum Gasteiger partial charge on any atom is 0.180 e. The van der Waals surface area contributed by atoms with E-state index in [0.29, 0.717) is 11.4 Å². The van der Waals surface area contributed by atoms with Crippen LogP contribution < -0.4 is 0 Å². The molecule has 3 aromatic heterocycles. The molecule has 0 radical (unpaired) electrons. The van der Waals surface area contributed by atoms with Gasteiger partial charge in [-0.25, -0.2) is 9.97 Å². The SMILES string of the molecule is c1ccc2cc(-c3nc(-c4ccc5ccccc5c4)c4oc5ccc(-c6cccc7oc8ccccc8c67)cc5c4n3)ccc2c1. The lowest BCUT2D eigenvalue weighted by Gasteiger charge is -2.08. The number of aromatic nitrogens is 2. The van der Waals surface area contributed by atoms with Gasteiger partial charge in [-0.15, -0.1) is 0 Å². The molecule has 0 aliphatic heterocycles. The largest absolute Gasteiger partial charge is 0.456 e. The fourth-order valence-electron chi connectivity index (χ4n) is 6.82. The Morgan fingerprint density at radius 1 is 0.413 bits per heavy atom. The summed E-state index contributed by atoms with van der Waals surface area (Å²) in [5, 5.41) is 7.82. The third kappa shape index (κ3) is 3.80. The van der Waals surface area contributed by atoms with Crippen LogP contribution >= 0.6 is 0 Å². The van der Waals surface area contributed by atoms with Gasteiger partial charge in [0.2, 0.25) is 0 Å². The lowest BCUT2D eigenvalue weighted by molar-refractivity contribution is 0.667. The van der Waals surface area contributed by atoms with Crippen molar-refractivity contribution in [2.75, 3.05) is 0 Å². The molecule has 7 aromatic carbocycles. The van der Waals surface area contributed by atoms with Gasteiger partial charge in [0.05, 0.1) is 0 Å². The first kappa shape index (κ1) is 25.1. The van der Waals surface area contributed by atoms with Gasteiger partial charge in [-0.2, -0.15) is 0 Å². The van der Waals surface area contributed by atoms with Crippen LogP contribution in [0, 0.1) is 0 Å². The van der Waals surface area contributed by atoms with E-state index in [1.165, 1.54) is 10.8 Å². The van der Waals surface area contributed by atoms with E-state index in [1.807, 2.05) is 24.3 Å². The van der Waals surface area contributed by atoms with Crippen molar-refractivity contribution in [2.45, 2.75) is 0 Å². The molecular formula is C42H24N2O2. The van der Waals surface area contributed by atoms with Crippen LogP contribution in [0.4, 0.5) is 0 Å². The smallest absolute Gasteiger partial charge is 0.180 e. The van der Waals surface area contributed by atoms with Crippen LogP contribution in [-0.2, 0) is 0 Å². The van der Waals surface area contributed by atoms with Crippen molar-refractivity contribution in [1.29, 1.82) is 0 Å². The fraction of sp³-hybridized carbons (Fsp3) is 0. The highest BCUT2D eigenvalue weighted by Gasteiger charge is 2.20. The molecule has 46 heavy (non-hydrogen) atoms. The third-order valence-electron chi connectivity index (χ3n) is 9.06. The third-order valence-corrected chi connectivity index (χ3v) is 9.06. The van der Waals surface area contributed by atoms with Crippen LogP contribution in [0.25, 0.3) is 99.3 Å². The van der Waals surface area contributed by atoms with E-state index in [-0.39, 0.29) is 0 Å². The van der Waals surface area contributed by atoms with E-state index >= 15 is 0 Å². The Morgan fingerprint density at radius 3 is 1.89 bits per heavy atom. The van der Waals surface area contributed by atoms with Gasteiger partial charge in [-0.1, -0.05) is 109 Å². The van der Waals surface area contributed by atoms with Gasteiger partial charge in [-0.3, -0.25) is 0 Å². The second kappa shape index (κ2) is 9.62. The summed E-state index contributed by atoms with van der Waals surface area (Å²) in [6.07, 6.45) is 0. The normalized spacial score (nSPS) is 11.9. The molecule has 10 rings (SSSR count). The Bertz CT molecular complexity index is 2820. The molecular weight excluding hydrogens is 564 g/mol. The van der Waals surface area contributed by atoms with E-state index in [2.05, 4.69) is 121 Å². The first-order chi connectivity index (χ1) is 22.8. The summed E-state index contributed by atoms with van der Waals surface area (Å²) < 4.78 is 12.8. The number of para-hydroxylation sites is 1. The highest BCUT2D eigenvalue weighted by molar-refractivity contribution is 6.14. The van der Waals surface area contributed by atoms with E-state index in [0.717, 1.165) is 77.1 Å². The van der Waals surface area contributed by atoms with Crippen LogP contribution in [0.3, 0.4) is 0 Å². The van der Waals surface area contributed by atoms with Gasteiger partial charge in [0, 0.05) is 27.3 Å². The molecule has 214 valence electrons. The van der Waals surface area contributed by atoms with Gasteiger partial charge in [-0.05, 0) is 69.1 Å². The quantitative estimate of drug-likeness (QED) is 0.206. The van der Waals surface area contributed by atoms with Crippen molar-refractivity contribution < 1.29 is 8.83 Å². The van der Waals surface area contributed by atoms with Crippen LogP contribution in [0.15, 0.2) is 154 Å². The minimum Gasteiger partial charge on any atom is -0.456 e. The average Bonchev–Trinajstić information content (AvgIpc) is 3.69. The van der Waals surface area contributed by atoms with E-state index in [9.17, 15) is 0 Å². The average molecular weight is 589 g/mol. The van der Waals surface area contributed by atoms with E-state index in [4.69, 9.17) is 18.8 Å². The number of fused-ring (bicyclic) bond motifs is 8. The monoisotopic (exact) mass is 588 g/mol. The number of hydrogen-bond donors (Lipinski definition) is 0. The first-order valence-electron chi connectivity index (χ1n) is 15.4. The van der Waals surface area contributed by atoms with Crippen LogP contribution in [0.2, 0.25) is 0 Å². The highest BCUT2D eigenvalue weighted by Crippen LogP contribution is 2.41. The maximum atomic E-state index is 6.60. The number of hydrogen-bond acceptors (Lipinski definition) is 4. The second-order valence-electron chi connectivity index (χ2n) is 11.8. The predicted octanol–water partition coefficient (Wildman–Crippen LogP) is 11.6. The lowest BCUT2D eigenvalue weighted by atomic mass is 9.98. The molecule has 3 heterocycles. The zero-order valence-corrected chi connectivity index (χ0v) is 24.6. The Morgan fingerprint density at radius 2 is 1.07 bits per heavy atom. The maximum absolute atomic E-state index is 6.60. The molecule has 0 spiro atoms. The van der Waals surface area contributed by atoms with E-state index in [1.54, 1.807) is 0 Å². The Hall–Kier alpha value is -6.26.